The van der Waals surface area contributed by atoms with Gasteiger partial charge in [0.15, 0.2) is 5.76 Å². The molecule has 0 aliphatic carbocycles. The molecule has 1 aromatic rings. The summed E-state index contributed by atoms with van der Waals surface area (Å²) in [4.78, 5) is 23.3. The average Bonchev–Trinajstić information content (AvgIpc) is 2.97. The van der Waals surface area contributed by atoms with Crippen LogP contribution in [0.5, 0.6) is 0 Å². The summed E-state index contributed by atoms with van der Waals surface area (Å²) in [5.41, 5.74) is 5.61. The molecule has 112 valence electrons. The largest absolute Gasteiger partial charge is 0.459 e. The number of nitrogens with one attached hydrogen (secondary N) is 2. The topological polar surface area (TPSA) is 97.4 Å². The van der Waals surface area contributed by atoms with Crippen LogP contribution in [0, 0.1) is 0 Å². The van der Waals surface area contributed by atoms with Crippen LogP contribution in [0.2, 0.25) is 0 Å². The Morgan fingerprint density at radius 2 is 2.25 bits per heavy atom. The zero-order valence-electron chi connectivity index (χ0n) is 11.9. The molecule has 0 aliphatic heterocycles. The number of rotatable bonds is 9. The minimum Gasteiger partial charge on any atom is -0.459 e. The summed E-state index contributed by atoms with van der Waals surface area (Å²) in [5.74, 6) is -0.173. The smallest absolute Gasteiger partial charge is 0.286 e. The van der Waals surface area contributed by atoms with Crippen LogP contribution in [0.25, 0.3) is 0 Å². The zero-order valence-corrected chi connectivity index (χ0v) is 11.9. The molecule has 0 spiro atoms. The van der Waals surface area contributed by atoms with Crippen LogP contribution in [0.4, 0.5) is 0 Å². The summed E-state index contributed by atoms with van der Waals surface area (Å²) < 4.78 is 4.95. The maximum absolute atomic E-state index is 11.7. The molecule has 0 saturated heterocycles. The summed E-state index contributed by atoms with van der Waals surface area (Å²) in [6, 6.07) is 3.23. The Morgan fingerprint density at radius 1 is 1.45 bits per heavy atom. The summed E-state index contributed by atoms with van der Waals surface area (Å²) in [6.45, 7) is 2.81. The van der Waals surface area contributed by atoms with Crippen molar-refractivity contribution in [3.63, 3.8) is 0 Å². The lowest BCUT2D eigenvalue weighted by atomic mass is 10.1. The van der Waals surface area contributed by atoms with Gasteiger partial charge in [-0.2, -0.15) is 0 Å². The maximum Gasteiger partial charge on any atom is 0.286 e. The fourth-order valence-electron chi connectivity index (χ4n) is 1.78. The summed E-state index contributed by atoms with van der Waals surface area (Å²) in [5, 5.41) is 5.50. The summed E-state index contributed by atoms with van der Waals surface area (Å²) in [6.07, 6.45) is 4.66. The van der Waals surface area contributed by atoms with Gasteiger partial charge < -0.3 is 20.8 Å². The molecule has 0 aromatic carbocycles. The molecule has 6 heteroatoms. The maximum atomic E-state index is 11.7. The molecule has 0 saturated carbocycles. The predicted octanol–water partition coefficient (Wildman–Crippen LogP) is 1.03. The Hall–Kier alpha value is -1.82. The fourth-order valence-corrected chi connectivity index (χ4v) is 1.78. The molecule has 20 heavy (non-hydrogen) atoms. The van der Waals surface area contributed by atoms with Gasteiger partial charge in [0, 0.05) is 25.6 Å². The zero-order chi connectivity index (χ0) is 14.8. The second-order valence-corrected chi connectivity index (χ2v) is 4.63. The third-order valence-corrected chi connectivity index (χ3v) is 2.94. The van der Waals surface area contributed by atoms with E-state index in [9.17, 15) is 9.59 Å². The van der Waals surface area contributed by atoms with E-state index in [0.29, 0.717) is 6.54 Å². The van der Waals surface area contributed by atoms with Crippen molar-refractivity contribution in [1.82, 2.24) is 10.6 Å². The van der Waals surface area contributed by atoms with E-state index in [-0.39, 0.29) is 36.6 Å². The number of amides is 2. The molecule has 1 atom stereocenters. The van der Waals surface area contributed by atoms with E-state index in [4.69, 9.17) is 10.2 Å². The molecule has 2 amide bonds. The van der Waals surface area contributed by atoms with E-state index in [1.165, 1.54) is 6.26 Å². The van der Waals surface area contributed by atoms with Crippen molar-refractivity contribution in [2.45, 2.75) is 38.6 Å². The fraction of sp³-hybridized carbons (Fsp3) is 0.571. The van der Waals surface area contributed by atoms with Crippen LogP contribution in [0.15, 0.2) is 22.8 Å². The lowest BCUT2D eigenvalue weighted by Crippen LogP contribution is -2.41. The molecule has 1 rings (SSSR count). The second-order valence-electron chi connectivity index (χ2n) is 4.63. The Morgan fingerprint density at radius 3 is 2.85 bits per heavy atom. The highest BCUT2D eigenvalue weighted by molar-refractivity contribution is 5.91. The van der Waals surface area contributed by atoms with Crippen molar-refractivity contribution in [2.24, 2.45) is 5.73 Å². The number of nitrogens with two attached hydrogens (primary N) is 1. The van der Waals surface area contributed by atoms with Gasteiger partial charge in [0.05, 0.1) is 6.26 Å². The molecule has 1 heterocycles. The number of carbonyl (C=O) groups excluding carboxylic acids is 2. The van der Waals surface area contributed by atoms with Crippen molar-refractivity contribution < 1.29 is 14.0 Å². The van der Waals surface area contributed by atoms with Crippen molar-refractivity contribution in [3.8, 4) is 0 Å². The molecule has 0 bridgehead atoms. The van der Waals surface area contributed by atoms with Gasteiger partial charge in [0.2, 0.25) is 5.91 Å². The van der Waals surface area contributed by atoms with Gasteiger partial charge >= 0.3 is 0 Å². The van der Waals surface area contributed by atoms with E-state index in [2.05, 4.69) is 17.6 Å². The minimum atomic E-state index is -0.316. The van der Waals surface area contributed by atoms with Gasteiger partial charge in [0.25, 0.3) is 5.91 Å². The molecule has 0 radical (unpaired) electrons. The number of furan rings is 1. The average molecular weight is 281 g/mol. The first-order valence-electron chi connectivity index (χ1n) is 6.98. The van der Waals surface area contributed by atoms with Gasteiger partial charge in [-0.3, -0.25) is 9.59 Å². The van der Waals surface area contributed by atoms with E-state index >= 15 is 0 Å². The van der Waals surface area contributed by atoms with Crippen LogP contribution in [-0.2, 0) is 4.79 Å². The number of carbonyl (C=O) groups is 2. The van der Waals surface area contributed by atoms with E-state index in [1.54, 1.807) is 12.1 Å². The molecular weight excluding hydrogens is 258 g/mol. The highest BCUT2D eigenvalue weighted by atomic mass is 16.3. The summed E-state index contributed by atoms with van der Waals surface area (Å²) >= 11 is 0. The van der Waals surface area contributed by atoms with Crippen LogP contribution in [0.3, 0.4) is 0 Å². The van der Waals surface area contributed by atoms with Crippen molar-refractivity contribution in [3.05, 3.63) is 24.2 Å². The molecule has 4 N–H and O–H groups in total. The van der Waals surface area contributed by atoms with Gasteiger partial charge in [0.1, 0.15) is 0 Å². The van der Waals surface area contributed by atoms with Crippen molar-refractivity contribution >= 4 is 11.8 Å². The van der Waals surface area contributed by atoms with Gasteiger partial charge in [-0.1, -0.05) is 19.8 Å². The van der Waals surface area contributed by atoms with Crippen LogP contribution in [-0.4, -0.2) is 30.9 Å². The van der Waals surface area contributed by atoms with Gasteiger partial charge in [-0.25, -0.2) is 0 Å². The van der Waals surface area contributed by atoms with Gasteiger partial charge in [-0.05, 0) is 18.6 Å². The molecule has 1 unspecified atom stereocenters. The lowest BCUT2D eigenvalue weighted by molar-refractivity contribution is -0.121. The number of hydrogen-bond acceptors (Lipinski definition) is 4. The third kappa shape index (κ3) is 5.88. The van der Waals surface area contributed by atoms with Crippen LogP contribution < -0.4 is 16.4 Å². The van der Waals surface area contributed by atoms with Crippen LogP contribution >= 0.6 is 0 Å². The number of unbranched alkanes of at least 4 members (excludes halogenated alkanes) is 1. The highest BCUT2D eigenvalue weighted by Crippen LogP contribution is 2.00. The van der Waals surface area contributed by atoms with Crippen molar-refractivity contribution in [1.29, 1.82) is 0 Å². The highest BCUT2D eigenvalue weighted by Gasteiger charge is 2.11. The monoisotopic (exact) mass is 281 g/mol. The Labute approximate surface area is 119 Å². The summed E-state index contributed by atoms with van der Waals surface area (Å²) in [7, 11) is 0. The quantitative estimate of drug-likeness (QED) is 0.630. The molecule has 1 aromatic heterocycles. The Bertz CT molecular complexity index is 404. The van der Waals surface area contributed by atoms with Gasteiger partial charge in [-0.15, -0.1) is 0 Å². The molecule has 0 fully saturated rings. The normalized spacial score (nSPS) is 11.9. The first kappa shape index (κ1) is 16.2. The predicted molar refractivity (Wildman–Crippen MR) is 76.2 cm³/mol. The second kappa shape index (κ2) is 9.14. The molecular formula is C14H23N3O3. The van der Waals surface area contributed by atoms with E-state index < -0.39 is 0 Å². The Kier molecular flexibility index (Phi) is 7.42. The SMILES string of the molecule is CCCCC(CN)NC(=O)CCNC(=O)c1ccco1. The Balaban J connectivity index is 2.20. The van der Waals surface area contributed by atoms with E-state index in [1.807, 2.05) is 0 Å². The first-order valence-corrected chi connectivity index (χ1v) is 6.98. The standard InChI is InChI=1S/C14H23N3O3/c1-2-3-5-11(10-15)17-13(18)7-8-16-14(19)12-6-4-9-20-12/h4,6,9,11H,2-3,5,7-8,10,15H2,1H3,(H,16,19)(H,17,18). The number of hydrogen-bond donors (Lipinski definition) is 3. The first-order chi connectivity index (χ1) is 9.67. The molecule has 6 nitrogen and oxygen atoms in total. The minimum absolute atomic E-state index is 0.0169. The van der Waals surface area contributed by atoms with Crippen molar-refractivity contribution in [2.75, 3.05) is 13.1 Å². The lowest BCUT2D eigenvalue weighted by Gasteiger charge is -2.16. The molecule has 0 aliphatic rings. The van der Waals surface area contributed by atoms with Crippen LogP contribution in [0.1, 0.15) is 43.2 Å². The third-order valence-electron chi connectivity index (χ3n) is 2.94. The van der Waals surface area contributed by atoms with E-state index in [0.717, 1.165) is 19.3 Å².